The van der Waals surface area contributed by atoms with E-state index < -0.39 is 0 Å². The number of thiophene rings is 1. The fourth-order valence-electron chi connectivity index (χ4n) is 4.66. The Morgan fingerprint density at radius 1 is 1.12 bits per heavy atom. The molecule has 0 unspecified atom stereocenters. The summed E-state index contributed by atoms with van der Waals surface area (Å²) in [5, 5.41) is 5.60. The van der Waals surface area contributed by atoms with Gasteiger partial charge in [-0.05, 0) is 50.0 Å². The van der Waals surface area contributed by atoms with Crippen LogP contribution < -0.4 is 5.32 Å². The molecule has 0 saturated heterocycles. The first-order valence-electron chi connectivity index (χ1n) is 12.0. The number of nitrogens with zero attached hydrogens (tertiary/aromatic N) is 3. The van der Waals surface area contributed by atoms with Crippen molar-refractivity contribution in [1.82, 2.24) is 15.0 Å². The maximum absolute atomic E-state index is 6.23. The molecule has 0 bridgehead atoms. The molecule has 0 amide bonds. The second kappa shape index (κ2) is 9.44. The van der Waals surface area contributed by atoms with E-state index in [-0.39, 0.29) is 5.60 Å². The maximum atomic E-state index is 6.23. The van der Waals surface area contributed by atoms with Crippen LogP contribution in [0.2, 0.25) is 0 Å². The normalized spacial score (nSPS) is 15.2. The van der Waals surface area contributed by atoms with E-state index in [1.54, 1.807) is 23.1 Å². The van der Waals surface area contributed by atoms with Gasteiger partial charge in [-0.15, -0.1) is 11.3 Å². The lowest BCUT2D eigenvalue weighted by Gasteiger charge is -2.33. The largest absolute Gasteiger partial charge is 0.370 e. The standard InChI is InChI=1S/C27H32N4OS2/c1-16(2)13-20-19-15-32-27(3,4)14-18(19)21-22-23(34-25(21)29-20)24(31-26(30-22)33-5)28-12-11-17-9-7-6-8-10-17/h6-10,16H,11-15H2,1-5H3,(H,28,30,31). The molecular weight excluding hydrogens is 460 g/mol. The predicted octanol–water partition coefficient (Wildman–Crippen LogP) is 6.67. The monoisotopic (exact) mass is 492 g/mol. The number of pyridine rings is 1. The number of hydrogen-bond donors (Lipinski definition) is 1. The van der Waals surface area contributed by atoms with Crippen molar-refractivity contribution in [3.05, 3.63) is 52.7 Å². The van der Waals surface area contributed by atoms with E-state index in [2.05, 4.69) is 63.3 Å². The van der Waals surface area contributed by atoms with Crippen LogP contribution in [0.25, 0.3) is 20.4 Å². The van der Waals surface area contributed by atoms with Crippen molar-refractivity contribution >= 4 is 49.3 Å². The Hall–Kier alpha value is -2.22. The molecule has 1 N–H and O–H groups in total. The van der Waals surface area contributed by atoms with Crippen molar-refractivity contribution in [3.63, 3.8) is 0 Å². The van der Waals surface area contributed by atoms with E-state index in [9.17, 15) is 0 Å². The quantitative estimate of drug-likeness (QED) is 0.230. The molecule has 0 atom stereocenters. The van der Waals surface area contributed by atoms with E-state index >= 15 is 0 Å². The predicted molar refractivity (Wildman–Crippen MR) is 144 cm³/mol. The molecule has 0 spiro atoms. The summed E-state index contributed by atoms with van der Waals surface area (Å²) >= 11 is 3.30. The van der Waals surface area contributed by atoms with Crippen LogP contribution in [-0.4, -0.2) is 33.4 Å². The van der Waals surface area contributed by atoms with Crippen LogP contribution in [0.1, 0.15) is 50.1 Å². The first-order valence-corrected chi connectivity index (χ1v) is 14.0. The minimum Gasteiger partial charge on any atom is -0.370 e. The molecule has 4 aromatic rings. The fraction of sp³-hybridized carbons (Fsp3) is 0.444. The number of hydrogen-bond acceptors (Lipinski definition) is 7. The van der Waals surface area contributed by atoms with Crippen molar-refractivity contribution < 1.29 is 4.74 Å². The van der Waals surface area contributed by atoms with Gasteiger partial charge in [0.05, 0.1) is 22.4 Å². The third kappa shape index (κ3) is 4.66. The van der Waals surface area contributed by atoms with Crippen molar-refractivity contribution in [2.45, 2.75) is 64.3 Å². The summed E-state index contributed by atoms with van der Waals surface area (Å²) in [5.41, 5.74) is 5.96. The zero-order valence-electron chi connectivity index (χ0n) is 20.6. The number of aromatic nitrogens is 3. The summed E-state index contributed by atoms with van der Waals surface area (Å²) in [5.74, 6) is 1.45. The molecule has 5 rings (SSSR count). The van der Waals surface area contributed by atoms with Gasteiger partial charge >= 0.3 is 0 Å². The van der Waals surface area contributed by atoms with Gasteiger partial charge < -0.3 is 10.1 Å². The van der Waals surface area contributed by atoms with Crippen LogP contribution in [0, 0.1) is 5.92 Å². The molecule has 1 aliphatic rings. The summed E-state index contributed by atoms with van der Waals surface area (Å²) in [4.78, 5) is 16.1. The smallest absolute Gasteiger partial charge is 0.189 e. The van der Waals surface area contributed by atoms with E-state index in [1.807, 2.05) is 6.26 Å². The Balaban J connectivity index is 1.63. The highest BCUT2D eigenvalue weighted by molar-refractivity contribution is 7.98. The zero-order valence-corrected chi connectivity index (χ0v) is 22.2. The summed E-state index contributed by atoms with van der Waals surface area (Å²) in [6.07, 6.45) is 4.81. The number of fused-ring (bicyclic) bond motifs is 5. The molecule has 1 aliphatic heterocycles. The van der Waals surface area contributed by atoms with Crippen LogP contribution in [0.3, 0.4) is 0 Å². The molecule has 178 valence electrons. The Morgan fingerprint density at radius 3 is 2.65 bits per heavy atom. The average molecular weight is 493 g/mol. The van der Waals surface area contributed by atoms with Gasteiger partial charge in [-0.25, -0.2) is 15.0 Å². The Labute approximate surface area is 209 Å². The van der Waals surface area contributed by atoms with Crippen molar-refractivity contribution in [2.75, 3.05) is 18.1 Å². The highest BCUT2D eigenvalue weighted by Crippen LogP contribution is 2.43. The second-order valence-electron chi connectivity index (χ2n) is 10.0. The van der Waals surface area contributed by atoms with E-state index in [1.165, 1.54) is 27.8 Å². The molecule has 34 heavy (non-hydrogen) atoms. The van der Waals surface area contributed by atoms with Crippen LogP contribution in [0.5, 0.6) is 0 Å². The number of nitrogens with one attached hydrogen (secondary N) is 1. The van der Waals surface area contributed by atoms with E-state index in [0.29, 0.717) is 12.5 Å². The lowest BCUT2D eigenvalue weighted by molar-refractivity contribution is -0.0402. The third-order valence-electron chi connectivity index (χ3n) is 6.29. The van der Waals surface area contributed by atoms with Crippen molar-refractivity contribution in [3.8, 4) is 0 Å². The molecule has 3 aromatic heterocycles. The molecule has 0 saturated carbocycles. The number of ether oxygens (including phenoxy) is 1. The van der Waals surface area contributed by atoms with Crippen LogP contribution in [-0.2, 0) is 30.6 Å². The second-order valence-corrected chi connectivity index (χ2v) is 11.8. The Bertz CT molecular complexity index is 1330. The van der Waals surface area contributed by atoms with Gasteiger partial charge in [0.2, 0.25) is 0 Å². The summed E-state index contributed by atoms with van der Waals surface area (Å²) in [6, 6.07) is 10.6. The summed E-state index contributed by atoms with van der Waals surface area (Å²) in [6.45, 7) is 10.3. The molecule has 4 heterocycles. The number of benzene rings is 1. The number of anilines is 1. The SMILES string of the molecule is CSc1nc(NCCc2ccccc2)c2sc3nc(CC(C)C)c4c(c3c2n1)CC(C)(C)OC4. The molecule has 0 fully saturated rings. The van der Waals surface area contributed by atoms with E-state index in [0.717, 1.165) is 51.8 Å². The molecule has 1 aromatic carbocycles. The minimum atomic E-state index is -0.198. The minimum absolute atomic E-state index is 0.198. The van der Waals surface area contributed by atoms with Gasteiger partial charge in [-0.2, -0.15) is 0 Å². The Kier molecular flexibility index (Phi) is 6.53. The lowest BCUT2D eigenvalue weighted by atomic mass is 9.88. The highest BCUT2D eigenvalue weighted by atomic mass is 32.2. The van der Waals surface area contributed by atoms with Crippen LogP contribution >= 0.6 is 23.1 Å². The molecular formula is C27H32N4OS2. The average Bonchev–Trinajstić information content (AvgIpc) is 3.17. The third-order valence-corrected chi connectivity index (χ3v) is 7.92. The van der Waals surface area contributed by atoms with Gasteiger partial charge in [0.15, 0.2) is 5.16 Å². The van der Waals surface area contributed by atoms with Gasteiger partial charge in [-0.3, -0.25) is 0 Å². The molecule has 0 aliphatic carbocycles. The molecule has 7 heteroatoms. The van der Waals surface area contributed by atoms with Gasteiger partial charge in [0, 0.05) is 29.6 Å². The summed E-state index contributed by atoms with van der Waals surface area (Å²) in [7, 11) is 0. The van der Waals surface area contributed by atoms with Crippen molar-refractivity contribution in [2.24, 2.45) is 5.92 Å². The first kappa shape index (κ1) is 23.5. The summed E-state index contributed by atoms with van der Waals surface area (Å²) < 4.78 is 7.33. The highest BCUT2D eigenvalue weighted by Gasteiger charge is 2.32. The van der Waals surface area contributed by atoms with Crippen LogP contribution in [0.15, 0.2) is 35.5 Å². The van der Waals surface area contributed by atoms with Gasteiger partial charge in [0.1, 0.15) is 10.6 Å². The van der Waals surface area contributed by atoms with Gasteiger partial charge in [0.25, 0.3) is 0 Å². The van der Waals surface area contributed by atoms with Crippen molar-refractivity contribution in [1.29, 1.82) is 0 Å². The molecule has 5 nitrogen and oxygen atoms in total. The first-order chi connectivity index (χ1) is 16.3. The number of thioether (sulfide) groups is 1. The number of rotatable bonds is 7. The fourth-order valence-corrected chi connectivity index (χ4v) is 6.15. The topological polar surface area (TPSA) is 59.9 Å². The zero-order chi connectivity index (χ0) is 23.9. The maximum Gasteiger partial charge on any atom is 0.189 e. The lowest BCUT2D eigenvalue weighted by Crippen LogP contribution is -2.33. The Morgan fingerprint density at radius 2 is 1.91 bits per heavy atom. The van der Waals surface area contributed by atoms with Crippen LogP contribution in [0.4, 0.5) is 5.82 Å². The van der Waals surface area contributed by atoms with Gasteiger partial charge in [-0.1, -0.05) is 55.9 Å². The molecule has 0 radical (unpaired) electrons. The van der Waals surface area contributed by atoms with E-state index in [4.69, 9.17) is 19.7 Å².